The third-order valence-corrected chi connectivity index (χ3v) is 29.7. The molecule has 0 saturated heterocycles. The van der Waals surface area contributed by atoms with Crippen molar-refractivity contribution in [3.63, 3.8) is 0 Å². The summed E-state index contributed by atoms with van der Waals surface area (Å²) in [6, 6.07) is 88.5. The van der Waals surface area contributed by atoms with E-state index in [9.17, 15) is 5.11 Å². The van der Waals surface area contributed by atoms with Gasteiger partial charge in [-0.2, -0.15) is 0 Å². The molecule has 0 fully saturated rings. The van der Waals surface area contributed by atoms with E-state index in [0.29, 0.717) is 33.9 Å². The fourth-order valence-corrected chi connectivity index (χ4v) is 24.6. The van der Waals surface area contributed by atoms with E-state index in [0.717, 1.165) is 0 Å². The van der Waals surface area contributed by atoms with Crippen molar-refractivity contribution in [3.05, 3.63) is 271 Å². The van der Waals surface area contributed by atoms with Gasteiger partial charge in [0.15, 0.2) is 0 Å². The monoisotopic (exact) mass is 1020 g/mol. The van der Waals surface area contributed by atoms with Crippen molar-refractivity contribution in [3.8, 4) is 17.2 Å². The Morgan fingerprint density at radius 3 is 0.622 bits per heavy atom. The van der Waals surface area contributed by atoms with Gasteiger partial charge < -0.3 is 18.4 Å². The Balaban J connectivity index is 1.26. The molecule has 4 nitrogen and oxygen atoms in total. The predicted octanol–water partition coefficient (Wildman–Crippen LogP) is 12.8. The van der Waals surface area contributed by atoms with Gasteiger partial charge >= 0.3 is 25.0 Å². The minimum atomic E-state index is -3.08. The first-order chi connectivity index (χ1) is 35.4. The first-order valence-corrected chi connectivity index (χ1v) is 31.6. The van der Waals surface area contributed by atoms with Crippen LogP contribution in [0, 0.1) is 0 Å². The summed E-state index contributed by atoms with van der Waals surface area (Å²) in [4.78, 5) is 0. The van der Waals surface area contributed by atoms with Gasteiger partial charge in [0.25, 0.3) is 0 Å². The summed E-state index contributed by atoms with van der Waals surface area (Å²) in [6.07, 6.45) is 0. The summed E-state index contributed by atoms with van der Waals surface area (Å²) < 4.78 is 23.1. The molecule has 0 unspecified atom stereocenters. The van der Waals surface area contributed by atoms with E-state index in [1.54, 1.807) is 0 Å². The van der Waals surface area contributed by atoms with Crippen molar-refractivity contribution in [1.82, 2.24) is 0 Å². The lowest BCUT2D eigenvalue weighted by molar-refractivity contribution is 0.125. The zero-order chi connectivity index (χ0) is 52.2. The minimum absolute atomic E-state index is 0.290. The normalized spacial score (nSPS) is 12.7. The highest BCUT2D eigenvalue weighted by Crippen LogP contribution is 2.45. The number of hydrogen-bond acceptors (Lipinski definition) is 4. The van der Waals surface area contributed by atoms with E-state index in [2.05, 4.69) is 244 Å². The van der Waals surface area contributed by atoms with E-state index < -0.39 is 30.6 Å². The lowest BCUT2D eigenvalue weighted by atomic mass is 9.80. The summed E-state index contributed by atoms with van der Waals surface area (Å²) in [5, 5.41) is 20.5. The Kier molecular flexibility index (Phi) is 14.5. The van der Waals surface area contributed by atoms with Crippen LogP contribution in [0.15, 0.2) is 255 Å². The Bertz CT molecular complexity index is 2790. The molecule has 0 aromatic heterocycles. The van der Waals surface area contributed by atoms with Crippen LogP contribution in [0.25, 0.3) is 0 Å². The van der Waals surface area contributed by atoms with Crippen LogP contribution in [0.1, 0.15) is 79.0 Å². The second-order valence-electron chi connectivity index (χ2n) is 22.6. The summed E-state index contributed by atoms with van der Waals surface area (Å²) in [5.41, 5.74) is 0.217. The zero-order valence-electron chi connectivity index (χ0n) is 44.4. The highest BCUT2D eigenvalue weighted by Gasteiger charge is 2.55. The van der Waals surface area contributed by atoms with Gasteiger partial charge in [0.2, 0.25) is 0 Å². The van der Waals surface area contributed by atoms with Crippen molar-refractivity contribution in [2.24, 2.45) is 0 Å². The maximum Gasteiger partial charge on any atom is 0.319 e. The van der Waals surface area contributed by atoms with Crippen molar-refractivity contribution in [2.45, 2.75) is 83.0 Å². The predicted molar refractivity (Wildman–Crippen MR) is 316 cm³/mol. The Hall–Kier alpha value is -7.01. The van der Waals surface area contributed by atoms with Crippen molar-refractivity contribution < 1.29 is 18.4 Å². The molecule has 0 bridgehead atoms. The highest BCUT2D eigenvalue weighted by atomic mass is 28.4. The zero-order valence-corrected chi connectivity index (χ0v) is 47.4. The molecule has 0 aliphatic carbocycles. The summed E-state index contributed by atoms with van der Waals surface area (Å²) >= 11 is 0. The van der Waals surface area contributed by atoms with Gasteiger partial charge in [-0.25, -0.2) is 0 Å². The molecular weight excluding hydrogens is 953 g/mol. The van der Waals surface area contributed by atoms with Crippen LogP contribution in [-0.4, -0.2) is 30.1 Å². The van der Waals surface area contributed by atoms with E-state index >= 15 is 0 Å². The molecular formula is C67H70O4Si3. The SMILES string of the molecule is CC(C)(C)[Si](Oc1cccc(C(O)(c2cccc(O[Si](c3ccccc3)(c3ccccc3)C(C)(C)C)c2)c2cccc(O[Si](c3ccccc3)(c3ccccc3)C(C)(C)C)c2)c1)(c1ccccc1)c1ccccc1. The first-order valence-electron chi connectivity index (χ1n) is 25.9. The minimum Gasteiger partial charge on any atom is -0.534 e. The Morgan fingerprint density at radius 2 is 0.446 bits per heavy atom. The average molecular weight is 1020 g/mol. The second kappa shape index (κ2) is 20.7. The molecule has 0 saturated carbocycles. The van der Waals surface area contributed by atoms with Crippen LogP contribution in [0.4, 0.5) is 0 Å². The van der Waals surface area contributed by atoms with Gasteiger partial charge in [-0.15, -0.1) is 0 Å². The van der Waals surface area contributed by atoms with Crippen LogP contribution in [-0.2, 0) is 5.60 Å². The molecule has 0 heterocycles. The average Bonchev–Trinajstić information content (AvgIpc) is 3.41. The number of benzene rings is 9. The highest BCUT2D eigenvalue weighted by molar-refractivity contribution is 7.01. The number of rotatable bonds is 15. The van der Waals surface area contributed by atoms with Gasteiger partial charge in [0.05, 0.1) is 0 Å². The van der Waals surface area contributed by atoms with Crippen LogP contribution < -0.4 is 44.4 Å². The summed E-state index contributed by atoms with van der Waals surface area (Å²) in [5.74, 6) is 2.03. The lowest BCUT2D eigenvalue weighted by Crippen LogP contribution is -2.68. The molecule has 0 amide bonds. The Labute approximate surface area is 443 Å². The molecule has 9 aromatic carbocycles. The van der Waals surface area contributed by atoms with Gasteiger partial charge in [-0.3, -0.25) is 0 Å². The molecule has 0 atom stereocenters. The number of hydrogen-bond donors (Lipinski definition) is 1. The van der Waals surface area contributed by atoms with E-state index in [1.807, 2.05) is 72.8 Å². The van der Waals surface area contributed by atoms with E-state index in [4.69, 9.17) is 13.3 Å². The summed E-state index contributed by atoms with van der Waals surface area (Å²) in [6.45, 7) is 20.6. The van der Waals surface area contributed by atoms with Crippen LogP contribution >= 0.6 is 0 Å². The van der Waals surface area contributed by atoms with Crippen LogP contribution in [0.5, 0.6) is 17.2 Å². The quantitative estimate of drug-likeness (QED) is 0.0821. The Morgan fingerprint density at radius 1 is 0.257 bits per heavy atom. The molecule has 374 valence electrons. The van der Waals surface area contributed by atoms with Gasteiger partial charge in [-0.1, -0.05) is 281 Å². The third-order valence-electron chi connectivity index (χ3n) is 14.8. The van der Waals surface area contributed by atoms with E-state index in [-0.39, 0.29) is 15.1 Å². The summed E-state index contributed by atoms with van der Waals surface area (Å²) in [7, 11) is -9.24. The van der Waals surface area contributed by atoms with Gasteiger partial charge in [-0.05, 0) is 99.3 Å². The smallest absolute Gasteiger partial charge is 0.319 e. The second-order valence-corrected chi connectivity index (χ2v) is 35.3. The fourth-order valence-electron chi connectivity index (χ4n) is 11.3. The lowest BCUT2D eigenvalue weighted by Gasteiger charge is -2.43. The molecule has 74 heavy (non-hydrogen) atoms. The molecule has 0 aliphatic rings. The van der Waals surface area contributed by atoms with Gasteiger partial charge in [0, 0.05) is 0 Å². The molecule has 9 aromatic rings. The molecule has 9 rings (SSSR count). The maximum atomic E-state index is 14.3. The van der Waals surface area contributed by atoms with Crippen LogP contribution in [0.3, 0.4) is 0 Å². The van der Waals surface area contributed by atoms with E-state index in [1.165, 1.54) is 31.1 Å². The molecule has 0 aliphatic heterocycles. The standard InChI is InChI=1S/C67H70O4Si3/c1-64(2,3)72(58-37-16-10-17-38-58,59-39-18-11-19-40-59)69-55-34-28-31-52(49-55)67(68,53-32-29-35-56(50-53)70-73(65(4,5)6,60-41-20-12-21-42-60)61-43-22-13-23-44-61)54-33-30-36-57(51-54)71-74(66(7,8)9,62-45-24-14-25-46-62)63-47-26-15-27-48-63/h10-51,68H,1-9H3. The van der Waals surface area contributed by atoms with Crippen molar-refractivity contribution in [1.29, 1.82) is 0 Å². The van der Waals surface area contributed by atoms with Gasteiger partial charge in [0.1, 0.15) is 22.8 Å². The van der Waals surface area contributed by atoms with Crippen molar-refractivity contribution >= 4 is 56.1 Å². The maximum absolute atomic E-state index is 14.3. The molecule has 1 N–H and O–H groups in total. The first kappa shape index (κ1) is 51.9. The largest absolute Gasteiger partial charge is 0.534 e. The third kappa shape index (κ3) is 9.54. The molecule has 7 heteroatoms. The topological polar surface area (TPSA) is 47.9 Å². The van der Waals surface area contributed by atoms with Crippen molar-refractivity contribution in [2.75, 3.05) is 0 Å². The number of aliphatic hydroxyl groups is 1. The fraction of sp³-hybridized carbons (Fsp3) is 0.194. The molecule has 0 radical (unpaired) electrons. The van der Waals surface area contributed by atoms with Crippen LogP contribution in [0.2, 0.25) is 15.1 Å². The molecule has 0 spiro atoms.